The number of aryl methyl sites for hydroxylation is 2. The summed E-state index contributed by atoms with van der Waals surface area (Å²) in [5, 5.41) is 0. The standard InChI is InChI=1S/C18H18S4/c1-3-13-9-5-7-11-15(13)17(19)21-22-18(20)16-12-8-6-10-14(16)4-2/h5-12H,3-4H2,1-2H3. The second-order valence-electron chi connectivity index (χ2n) is 4.76. The maximum atomic E-state index is 5.59. The number of hydrogen-bond donors (Lipinski definition) is 0. The molecule has 0 unspecified atom stereocenters. The molecule has 0 bridgehead atoms. The van der Waals surface area contributed by atoms with Crippen LogP contribution in [0.3, 0.4) is 0 Å². The van der Waals surface area contributed by atoms with Crippen molar-refractivity contribution in [1.29, 1.82) is 0 Å². The van der Waals surface area contributed by atoms with Crippen molar-refractivity contribution >= 4 is 54.4 Å². The lowest BCUT2D eigenvalue weighted by atomic mass is 10.1. The molecule has 114 valence electrons. The molecule has 2 aromatic rings. The maximum absolute atomic E-state index is 5.59. The van der Waals surface area contributed by atoms with Gasteiger partial charge < -0.3 is 0 Å². The van der Waals surface area contributed by atoms with Crippen molar-refractivity contribution in [2.45, 2.75) is 26.7 Å². The molecule has 0 aliphatic heterocycles. The number of hydrogen-bond acceptors (Lipinski definition) is 4. The lowest BCUT2D eigenvalue weighted by Crippen LogP contribution is -1.99. The molecule has 0 saturated heterocycles. The van der Waals surface area contributed by atoms with Crippen molar-refractivity contribution in [3.63, 3.8) is 0 Å². The van der Waals surface area contributed by atoms with Crippen LogP contribution in [0.15, 0.2) is 48.5 Å². The number of thiocarbonyl (C=S) groups is 2. The molecule has 0 nitrogen and oxygen atoms in total. The summed E-state index contributed by atoms with van der Waals surface area (Å²) in [4.78, 5) is 0. The van der Waals surface area contributed by atoms with E-state index in [1.54, 1.807) is 21.6 Å². The topological polar surface area (TPSA) is 0 Å². The first kappa shape index (κ1) is 17.7. The van der Waals surface area contributed by atoms with Gasteiger partial charge in [0.15, 0.2) is 0 Å². The normalized spacial score (nSPS) is 10.5. The zero-order chi connectivity index (χ0) is 15.9. The summed E-state index contributed by atoms with van der Waals surface area (Å²) in [6, 6.07) is 16.7. The van der Waals surface area contributed by atoms with Gasteiger partial charge >= 0.3 is 0 Å². The third-order valence-corrected chi connectivity index (χ3v) is 7.08. The van der Waals surface area contributed by atoms with Gasteiger partial charge in [-0.3, -0.25) is 0 Å². The quantitative estimate of drug-likeness (QED) is 0.466. The van der Waals surface area contributed by atoms with Crippen molar-refractivity contribution in [1.82, 2.24) is 0 Å². The Morgan fingerprint density at radius 3 is 1.45 bits per heavy atom. The summed E-state index contributed by atoms with van der Waals surface area (Å²) in [5.74, 6) is 0. The van der Waals surface area contributed by atoms with Gasteiger partial charge in [-0.15, -0.1) is 0 Å². The van der Waals surface area contributed by atoms with Gasteiger partial charge in [-0.1, -0.05) is 86.8 Å². The summed E-state index contributed by atoms with van der Waals surface area (Å²) < 4.78 is 1.80. The lowest BCUT2D eigenvalue weighted by molar-refractivity contribution is 1.14. The van der Waals surface area contributed by atoms with Gasteiger partial charge in [-0.05, 0) is 45.6 Å². The highest BCUT2D eigenvalue weighted by atomic mass is 33.1. The molecule has 0 heterocycles. The molecule has 0 aliphatic rings. The summed E-state index contributed by atoms with van der Waals surface area (Å²) in [6.45, 7) is 4.31. The van der Waals surface area contributed by atoms with Gasteiger partial charge in [0.1, 0.15) is 0 Å². The smallest absolute Gasteiger partial charge is 0.0709 e. The molecular weight excluding hydrogens is 344 g/mol. The molecule has 2 rings (SSSR count). The van der Waals surface area contributed by atoms with Gasteiger partial charge in [0.05, 0.1) is 8.39 Å². The van der Waals surface area contributed by atoms with Crippen LogP contribution >= 0.6 is 46.0 Å². The van der Waals surface area contributed by atoms with Gasteiger partial charge in [0.25, 0.3) is 0 Å². The highest BCUT2D eigenvalue weighted by Gasteiger charge is 2.11. The first-order valence-electron chi connectivity index (χ1n) is 7.26. The predicted octanol–water partition coefficient (Wildman–Crippen LogP) is 6.24. The van der Waals surface area contributed by atoms with Crippen LogP contribution in [0.1, 0.15) is 36.1 Å². The molecule has 2 aromatic carbocycles. The Balaban J connectivity index is 2.06. The molecule has 0 atom stereocenters. The van der Waals surface area contributed by atoms with E-state index in [2.05, 4.69) is 50.2 Å². The fraction of sp³-hybridized carbons (Fsp3) is 0.222. The maximum Gasteiger partial charge on any atom is 0.0891 e. The molecular formula is C18H18S4. The van der Waals surface area contributed by atoms with E-state index in [9.17, 15) is 0 Å². The SMILES string of the molecule is CCc1ccccc1C(=S)SSC(=S)c1ccccc1CC. The Morgan fingerprint density at radius 1 is 0.727 bits per heavy atom. The predicted molar refractivity (Wildman–Crippen MR) is 110 cm³/mol. The zero-order valence-electron chi connectivity index (χ0n) is 12.7. The summed E-state index contributed by atoms with van der Waals surface area (Å²) in [7, 11) is 3.18. The monoisotopic (exact) mass is 362 g/mol. The van der Waals surface area contributed by atoms with Crippen molar-refractivity contribution < 1.29 is 0 Å². The van der Waals surface area contributed by atoms with Crippen molar-refractivity contribution in [3.8, 4) is 0 Å². The lowest BCUT2D eigenvalue weighted by Gasteiger charge is -2.10. The van der Waals surface area contributed by atoms with Crippen LogP contribution in [-0.4, -0.2) is 8.39 Å². The summed E-state index contributed by atoms with van der Waals surface area (Å²) in [6.07, 6.45) is 1.98. The molecule has 0 radical (unpaired) electrons. The van der Waals surface area contributed by atoms with Crippen LogP contribution in [0, 0.1) is 0 Å². The van der Waals surface area contributed by atoms with Gasteiger partial charge in [0.2, 0.25) is 0 Å². The van der Waals surface area contributed by atoms with Crippen LogP contribution < -0.4 is 0 Å². The van der Waals surface area contributed by atoms with Gasteiger partial charge in [0, 0.05) is 11.1 Å². The van der Waals surface area contributed by atoms with E-state index in [1.807, 2.05) is 12.1 Å². The fourth-order valence-corrected chi connectivity index (χ4v) is 4.95. The second-order valence-corrected chi connectivity index (χ2v) is 8.25. The molecule has 0 aliphatic carbocycles. The second kappa shape index (κ2) is 8.82. The molecule has 0 aromatic heterocycles. The Morgan fingerprint density at radius 2 is 1.09 bits per heavy atom. The molecule has 0 saturated carbocycles. The average Bonchev–Trinajstić information content (AvgIpc) is 2.59. The van der Waals surface area contributed by atoms with Crippen molar-refractivity contribution in [2.24, 2.45) is 0 Å². The van der Waals surface area contributed by atoms with E-state index in [1.165, 1.54) is 11.1 Å². The molecule has 4 heteroatoms. The van der Waals surface area contributed by atoms with E-state index in [0.29, 0.717) is 0 Å². The number of benzene rings is 2. The fourth-order valence-electron chi connectivity index (χ4n) is 2.22. The number of rotatable bonds is 4. The minimum Gasteiger partial charge on any atom is -0.0709 e. The van der Waals surface area contributed by atoms with E-state index < -0.39 is 0 Å². The molecule has 0 amide bonds. The summed E-state index contributed by atoms with van der Waals surface area (Å²) >= 11 is 11.2. The van der Waals surface area contributed by atoms with E-state index in [0.717, 1.165) is 32.4 Å². The van der Waals surface area contributed by atoms with E-state index in [4.69, 9.17) is 24.4 Å². The van der Waals surface area contributed by atoms with Crippen LogP contribution in [0.5, 0.6) is 0 Å². The Kier molecular flexibility index (Phi) is 7.09. The Hall–Kier alpha value is -0.680. The van der Waals surface area contributed by atoms with E-state index >= 15 is 0 Å². The third-order valence-electron chi connectivity index (χ3n) is 3.43. The highest BCUT2D eigenvalue weighted by molar-refractivity contribution is 8.90. The van der Waals surface area contributed by atoms with Crippen LogP contribution in [0.2, 0.25) is 0 Å². The minimum absolute atomic E-state index is 0.902. The van der Waals surface area contributed by atoms with Gasteiger partial charge in [-0.2, -0.15) is 0 Å². The van der Waals surface area contributed by atoms with E-state index in [-0.39, 0.29) is 0 Å². The highest BCUT2D eigenvalue weighted by Crippen LogP contribution is 2.33. The van der Waals surface area contributed by atoms with Crippen LogP contribution in [-0.2, 0) is 12.8 Å². The van der Waals surface area contributed by atoms with Crippen LogP contribution in [0.4, 0.5) is 0 Å². The third kappa shape index (κ3) is 4.42. The average molecular weight is 363 g/mol. The first-order valence-corrected chi connectivity index (χ1v) is 10.2. The van der Waals surface area contributed by atoms with Gasteiger partial charge in [-0.25, -0.2) is 0 Å². The minimum atomic E-state index is 0.902. The van der Waals surface area contributed by atoms with Crippen molar-refractivity contribution in [2.75, 3.05) is 0 Å². The largest absolute Gasteiger partial charge is 0.0891 e. The first-order chi connectivity index (χ1) is 10.7. The van der Waals surface area contributed by atoms with Crippen molar-refractivity contribution in [3.05, 3.63) is 70.8 Å². The summed E-state index contributed by atoms with van der Waals surface area (Å²) in [5.41, 5.74) is 4.90. The Bertz CT molecular complexity index is 617. The molecule has 0 fully saturated rings. The van der Waals surface area contributed by atoms with Crippen LogP contribution in [0.25, 0.3) is 0 Å². The molecule has 0 spiro atoms. The zero-order valence-corrected chi connectivity index (χ0v) is 15.9. The Labute approximate surface area is 151 Å². The molecule has 0 N–H and O–H groups in total. The molecule has 22 heavy (non-hydrogen) atoms.